The molecule has 0 aromatic carbocycles. The van der Waals surface area contributed by atoms with Gasteiger partial charge in [0.15, 0.2) is 5.82 Å². The van der Waals surface area contributed by atoms with Gasteiger partial charge in [0, 0.05) is 33.3 Å². The van der Waals surface area contributed by atoms with Crippen LogP contribution in [0.25, 0.3) is 0 Å². The highest BCUT2D eigenvalue weighted by molar-refractivity contribution is 4.97. The van der Waals surface area contributed by atoms with Gasteiger partial charge in [0.05, 0.1) is 6.04 Å². The highest BCUT2D eigenvalue weighted by atomic mass is 16.5. The van der Waals surface area contributed by atoms with Crippen LogP contribution in [0.4, 0.5) is 0 Å². The minimum Gasteiger partial charge on any atom is -0.372 e. The molecule has 0 saturated carbocycles. The molecule has 2 rings (SSSR count). The Kier molecular flexibility index (Phi) is 4.68. The second-order valence-corrected chi connectivity index (χ2v) is 4.58. The molecule has 1 aromatic rings. The number of piperazine rings is 1. The first kappa shape index (κ1) is 13.5. The van der Waals surface area contributed by atoms with E-state index in [0.717, 1.165) is 38.4 Å². The largest absolute Gasteiger partial charge is 0.372 e. The predicted octanol–water partition coefficient (Wildman–Crippen LogP) is 1.13. The molecule has 1 aliphatic rings. The summed E-state index contributed by atoms with van der Waals surface area (Å²) in [5.74, 6) is 1.33. The van der Waals surface area contributed by atoms with Gasteiger partial charge in [-0.3, -0.25) is 4.90 Å². The Hall–Kier alpha value is -0.980. The zero-order valence-electron chi connectivity index (χ0n) is 11.3. The van der Waals surface area contributed by atoms with Gasteiger partial charge in [0.1, 0.15) is 6.10 Å². The fourth-order valence-corrected chi connectivity index (χ4v) is 2.25. The van der Waals surface area contributed by atoms with Crippen LogP contribution in [-0.2, 0) is 4.74 Å². The quantitative estimate of drug-likeness (QED) is 0.850. The van der Waals surface area contributed by atoms with Crippen LogP contribution in [0.15, 0.2) is 4.52 Å². The average molecular weight is 254 g/mol. The smallest absolute Gasteiger partial charge is 0.255 e. The minimum atomic E-state index is -0.147. The van der Waals surface area contributed by atoms with Crippen LogP contribution in [0.1, 0.15) is 44.1 Å². The summed E-state index contributed by atoms with van der Waals surface area (Å²) < 4.78 is 10.5. The molecule has 2 heterocycles. The van der Waals surface area contributed by atoms with Crippen LogP contribution in [0.3, 0.4) is 0 Å². The Morgan fingerprint density at radius 3 is 2.78 bits per heavy atom. The molecule has 1 fully saturated rings. The zero-order chi connectivity index (χ0) is 13.0. The van der Waals surface area contributed by atoms with Crippen molar-refractivity contribution < 1.29 is 9.26 Å². The Morgan fingerprint density at radius 2 is 2.17 bits per heavy atom. The Balaban J connectivity index is 2.09. The van der Waals surface area contributed by atoms with E-state index in [1.54, 1.807) is 7.11 Å². The monoisotopic (exact) mass is 254 g/mol. The van der Waals surface area contributed by atoms with Gasteiger partial charge < -0.3 is 14.6 Å². The molecular weight excluding hydrogens is 232 g/mol. The molecule has 0 spiro atoms. The fraction of sp³-hybridized carbons (Fsp3) is 0.833. The second-order valence-electron chi connectivity index (χ2n) is 4.58. The number of ether oxygens (including phenoxy) is 1. The molecule has 1 saturated heterocycles. The third-order valence-electron chi connectivity index (χ3n) is 3.44. The number of nitrogens with one attached hydrogen (secondary N) is 1. The predicted molar refractivity (Wildman–Crippen MR) is 67.2 cm³/mol. The molecule has 102 valence electrons. The number of hydrogen-bond acceptors (Lipinski definition) is 6. The molecule has 0 amide bonds. The van der Waals surface area contributed by atoms with Crippen molar-refractivity contribution in [3.05, 3.63) is 11.7 Å². The van der Waals surface area contributed by atoms with E-state index in [2.05, 4.69) is 27.3 Å². The Morgan fingerprint density at radius 1 is 1.44 bits per heavy atom. The van der Waals surface area contributed by atoms with Crippen molar-refractivity contribution >= 4 is 0 Å². The standard InChI is InChI=1S/C12H22N4O2/c1-4-10(16-7-5-13-6-8-16)11-14-12(18-15-11)9(2)17-3/h9-10,13H,4-8H2,1-3H3. The van der Waals surface area contributed by atoms with E-state index < -0.39 is 0 Å². The lowest BCUT2D eigenvalue weighted by Gasteiger charge is -2.32. The van der Waals surface area contributed by atoms with Gasteiger partial charge in [-0.25, -0.2) is 0 Å². The summed E-state index contributed by atoms with van der Waals surface area (Å²) in [7, 11) is 1.64. The van der Waals surface area contributed by atoms with E-state index in [0.29, 0.717) is 5.89 Å². The molecule has 6 heteroatoms. The average Bonchev–Trinajstić information content (AvgIpc) is 2.89. The SMILES string of the molecule is CCC(c1noc(C(C)OC)n1)N1CCNCC1. The molecule has 1 aliphatic heterocycles. The summed E-state index contributed by atoms with van der Waals surface area (Å²) in [6.07, 6.45) is 0.840. The maximum absolute atomic E-state index is 5.26. The van der Waals surface area contributed by atoms with Gasteiger partial charge in [-0.1, -0.05) is 12.1 Å². The van der Waals surface area contributed by atoms with Crippen LogP contribution in [-0.4, -0.2) is 48.3 Å². The summed E-state index contributed by atoms with van der Waals surface area (Å²) in [5.41, 5.74) is 0. The first-order chi connectivity index (χ1) is 8.76. The van der Waals surface area contributed by atoms with E-state index in [1.807, 2.05) is 6.92 Å². The van der Waals surface area contributed by atoms with Crippen LogP contribution in [0.2, 0.25) is 0 Å². The molecule has 1 N–H and O–H groups in total. The van der Waals surface area contributed by atoms with E-state index in [4.69, 9.17) is 9.26 Å². The summed E-state index contributed by atoms with van der Waals surface area (Å²) in [6, 6.07) is 0.244. The molecule has 18 heavy (non-hydrogen) atoms. The van der Waals surface area contributed by atoms with Gasteiger partial charge in [0.2, 0.25) is 0 Å². The van der Waals surface area contributed by atoms with Crippen molar-refractivity contribution in [2.45, 2.75) is 32.4 Å². The van der Waals surface area contributed by atoms with Gasteiger partial charge in [-0.05, 0) is 13.3 Å². The second kappa shape index (κ2) is 6.26. The molecule has 6 nitrogen and oxygen atoms in total. The highest BCUT2D eigenvalue weighted by Crippen LogP contribution is 2.23. The van der Waals surface area contributed by atoms with Crippen LogP contribution in [0.5, 0.6) is 0 Å². The van der Waals surface area contributed by atoms with Gasteiger partial charge in [-0.15, -0.1) is 0 Å². The normalized spacial score (nSPS) is 20.8. The topological polar surface area (TPSA) is 63.4 Å². The van der Waals surface area contributed by atoms with Crippen molar-refractivity contribution in [2.24, 2.45) is 0 Å². The van der Waals surface area contributed by atoms with E-state index in [9.17, 15) is 0 Å². The number of methoxy groups -OCH3 is 1. The maximum atomic E-state index is 5.26. The first-order valence-electron chi connectivity index (χ1n) is 6.57. The Bertz CT molecular complexity index is 363. The van der Waals surface area contributed by atoms with E-state index in [-0.39, 0.29) is 12.1 Å². The number of aromatic nitrogens is 2. The number of hydrogen-bond donors (Lipinski definition) is 1. The fourth-order valence-electron chi connectivity index (χ4n) is 2.25. The number of nitrogens with zero attached hydrogens (tertiary/aromatic N) is 3. The van der Waals surface area contributed by atoms with Gasteiger partial charge in [-0.2, -0.15) is 4.98 Å². The van der Waals surface area contributed by atoms with Crippen LogP contribution in [0, 0.1) is 0 Å². The lowest BCUT2D eigenvalue weighted by molar-refractivity contribution is 0.0885. The summed E-state index contributed by atoms with van der Waals surface area (Å²) in [4.78, 5) is 6.87. The first-order valence-corrected chi connectivity index (χ1v) is 6.57. The molecule has 0 bridgehead atoms. The van der Waals surface area contributed by atoms with E-state index >= 15 is 0 Å². The van der Waals surface area contributed by atoms with Crippen molar-refractivity contribution in [2.75, 3.05) is 33.3 Å². The van der Waals surface area contributed by atoms with Crippen molar-refractivity contribution in [1.29, 1.82) is 0 Å². The minimum absolute atomic E-state index is 0.147. The third kappa shape index (κ3) is 2.88. The zero-order valence-corrected chi connectivity index (χ0v) is 11.3. The lowest BCUT2D eigenvalue weighted by atomic mass is 10.1. The van der Waals surface area contributed by atoms with Gasteiger partial charge in [0.25, 0.3) is 5.89 Å². The molecule has 1 aromatic heterocycles. The van der Waals surface area contributed by atoms with Crippen molar-refractivity contribution in [1.82, 2.24) is 20.4 Å². The van der Waals surface area contributed by atoms with Crippen LogP contribution < -0.4 is 5.32 Å². The summed E-state index contributed by atoms with van der Waals surface area (Å²) in [6.45, 7) is 8.17. The summed E-state index contributed by atoms with van der Waals surface area (Å²) in [5, 5.41) is 7.46. The molecule has 0 radical (unpaired) electrons. The van der Waals surface area contributed by atoms with Crippen LogP contribution >= 0.6 is 0 Å². The molecular formula is C12H22N4O2. The van der Waals surface area contributed by atoms with E-state index in [1.165, 1.54) is 0 Å². The van der Waals surface area contributed by atoms with Crippen molar-refractivity contribution in [3.8, 4) is 0 Å². The molecule has 0 aliphatic carbocycles. The molecule has 2 atom stereocenters. The Labute approximate surface area is 108 Å². The maximum Gasteiger partial charge on any atom is 0.255 e. The lowest BCUT2D eigenvalue weighted by Crippen LogP contribution is -2.45. The molecule has 2 unspecified atom stereocenters. The third-order valence-corrected chi connectivity index (χ3v) is 3.44. The highest BCUT2D eigenvalue weighted by Gasteiger charge is 2.25. The van der Waals surface area contributed by atoms with Gasteiger partial charge >= 0.3 is 0 Å². The summed E-state index contributed by atoms with van der Waals surface area (Å²) >= 11 is 0. The van der Waals surface area contributed by atoms with Crippen molar-refractivity contribution in [3.63, 3.8) is 0 Å². The number of rotatable bonds is 5.